The quantitative estimate of drug-likeness (QED) is 0.829. The number of piperazine rings is 1. The van der Waals surface area contributed by atoms with E-state index in [2.05, 4.69) is 28.6 Å². The summed E-state index contributed by atoms with van der Waals surface area (Å²) in [6, 6.07) is 5.46. The van der Waals surface area contributed by atoms with Gasteiger partial charge in [0, 0.05) is 51.0 Å². The van der Waals surface area contributed by atoms with Crippen LogP contribution in [0.5, 0.6) is 0 Å². The Morgan fingerprint density at radius 3 is 2.52 bits per heavy atom. The first-order chi connectivity index (χ1) is 12.1. The summed E-state index contributed by atoms with van der Waals surface area (Å²) in [4.78, 5) is 27.8. The molecule has 0 aromatic carbocycles. The van der Waals surface area contributed by atoms with E-state index in [1.807, 2.05) is 17.9 Å². The molecule has 2 aromatic rings. The molecule has 1 fully saturated rings. The Labute approximate surface area is 148 Å². The zero-order valence-electron chi connectivity index (χ0n) is 15.1. The lowest BCUT2D eigenvalue weighted by molar-refractivity contribution is 0.0714. The molecule has 7 heteroatoms. The van der Waals surface area contributed by atoms with Gasteiger partial charge in [0.2, 0.25) is 5.95 Å². The van der Waals surface area contributed by atoms with E-state index in [4.69, 9.17) is 9.40 Å². The summed E-state index contributed by atoms with van der Waals surface area (Å²) in [5, 5.41) is 0. The third-order valence-electron chi connectivity index (χ3n) is 4.50. The summed E-state index contributed by atoms with van der Waals surface area (Å²) in [5.74, 6) is 2.05. The summed E-state index contributed by atoms with van der Waals surface area (Å²) in [5.41, 5.74) is 0.959. The summed E-state index contributed by atoms with van der Waals surface area (Å²) >= 11 is 0. The Hall–Kier alpha value is -2.57. The van der Waals surface area contributed by atoms with Crippen molar-refractivity contribution in [2.24, 2.45) is 0 Å². The van der Waals surface area contributed by atoms with Crippen molar-refractivity contribution in [3.8, 4) is 0 Å². The van der Waals surface area contributed by atoms with Crippen molar-refractivity contribution in [1.29, 1.82) is 0 Å². The van der Waals surface area contributed by atoms with Crippen LogP contribution in [0, 0.1) is 6.92 Å². The van der Waals surface area contributed by atoms with E-state index in [0.717, 1.165) is 43.6 Å². The van der Waals surface area contributed by atoms with E-state index in [1.54, 1.807) is 12.1 Å². The predicted molar refractivity (Wildman–Crippen MR) is 97.2 cm³/mol. The SMILES string of the molecule is CCN(CC)c1nc(C)cc(N2CCN(C(=O)c3ccco3)CC2)n1. The Morgan fingerprint density at radius 2 is 1.92 bits per heavy atom. The Kier molecular flexibility index (Phi) is 5.21. The van der Waals surface area contributed by atoms with Crippen LogP contribution in [-0.4, -0.2) is 60.0 Å². The van der Waals surface area contributed by atoms with Crippen LogP contribution in [-0.2, 0) is 0 Å². The maximum absolute atomic E-state index is 12.4. The number of aryl methyl sites for hydroxylation is 1. The van der Waals surface area contributed by atoms with Gasteiger partial charge in [-0.05, 0) is 32.9 Å². The Bertz CT molecular complexity index is 704. The molecule has 2 aromatic heterocycles. The second-order valence-corrected chi connectivity index (χ2v) is 6.10. The van der Waals surface area contributed by atoms with Gasteiger partial charge < -0.3 is 19.1 Å². The molecule has 0 unspecified atom stereocenters. The third kappa shape index (κ3) is 3.75. The van der Waals surface area contributed by atoms with Gasteiger partial charge in [-0.2, -0.15) is 4.98 Å². The van der Waals surface area contributed by atoms with Gasteiger partial charge in [0.05, 0.1) is 6.26 Å². The monoisotopic (exact) mass is 343 g/mol. The second-order valence-electron chi connectivity index (χ2n) is 6.10. The molecule has 0 N–H and O–H groups in total. The highest BCUT2D eigenvalue weighted by molar-refractivity contribution is 5.91. The number of carbonyl (C=O) groups excluding carboxylic acids is 1. The molecule has 1 saturated heterocycles. The van der Waals surface area contributed by atoms with Gasteiger partial charge in [-0.25, -0.2) is 4.98 Å². The van der Waals surface area contributed by atoms with Crippen molar-refractivity contribution in [3.63, 3.8) is 0 Å². The average molecular weight is 343 g/mol. The van der Waals surface area contributed by atoms with E-state index >= 15 is 0 Å². The molecular formula is C18H25N5O2. The minimum atomic E-state index is -0.0488. The number of nitrogens with zero attached hydrogens (tertiary/aromatic N) is 5. The Morgan fingerprint density at radius 1 is 1.20 bits per heavy atom. The molecule has 0 aliphatic carbocycles. The highest BCUT2D eigenvalue weighted by atomic mass is 16.3. The fourth-order valence-corrected chi connectivity index (χ4v) is 3.04. The van der Waals surface area contributed by atoms with Gasteiger partial charge in [0.1, 0.15) is 5.82 Å². The zero-order valence-corrected chi connectivity index (χ0v) is 15.1. The molecule has 1 aliphatic heterocycles. The number of carbonyl (C=O) groups is 1. The molecule has 7 nitrogen and oxygen atoms in total. The lowest BCUT2D eigenvalue weighted by atomic mass is 10.2. The largest absolute Gasteiger partial charge is 0.459 e. The number of aromatic nitrogens is 2. The van der Waals surface area contributed by atoms with Crippen LogP contribution in [0.3, 0.4) is 0 Å². The van der Waals surface area contributed by atoms with Crippen molar-refractivity contribution in [2.75, 3.05) is 49.1 Å². The first-order valence-electron chi connectivity index (χ1n) is 8.80. The van der Waals surface area contributed by atoms with Gasteiger partial charge in [0.15, 0.2) is 5.76 Å². The van der Waals surface area contributed by atoms with Crippen molar-refractivity contribution < 1.29 is 9.21 Å². The molecule has 0 saturated carbocycles. The average Bonchev–Trinajstić information content (AvgIpc) is 3.16. The molecule has 0 spiro atoms. The molecule has 134 valence electrons. The molecule has 0 bridgehead atoms. The second kappa shape index (κ2) is 7.55. The minimum absolute atomic E-state index is 0.0488. The number of amides is 1. The first kappa shape index (κ1) is 17.3. The standard InChI is InChI=1S/C18H25N5O2/c1-4-21(5-2)18-19-14(3)13-16(20-18)22-8-10-23(11-9-22)17(24)15-7-6-12-25-15/h6-7,12-13H,4-5,8-11H2,1-3H3. The van der Waals surface area contributed by atoms with Gasteiger partial charge >= 0.3 is 0 Å². The highest BCUT2D eigenvalue weighted by Gasteiger charge is 2.25. The molecule has 0 atom stereocenters. The molecule has 3 heterocycles. The zero-order chi connectivity index (χ0) is 17.8. The number of hydrogen-bond acceptors (Lipinski definition) is 6. The summed E-state index contributed by atoms with van der Waals surface area (Å²) < 4.78 is 5.21. The number of furan rings is 1. The van der Waals surface area contributed by atoms with Gasteiger partial charge in [-0.3, -0.25) is 4.79 Å². The van der Waals surface area contributed by atoms with Crippen LogP contribution in [0.4, 0.5) is 11.8 Å². The summed E-state index contributed by atoms with van der Waals surface area (Å²) in [7, 11) is 0. The number of hydrogen-bond donors (Lipinski definition) is 0. The molecule has 1 aliphatic rings. The van der Waals surface area contributed by atoms with Crippen molar-refractivity contribution in [3.05, 3.63) is 35.9 Å². The molecular weight excluding hydrogens is 318 g/mol. The van der Waals surface area contributed by atoms with E-state index in [1.165, 1.54) is 6.26 Å². The first-order valence-corrected chi connectivity index (χ1v) is 8.80. The summed E-state index contributed by atoms with van der Waals surface area (Å²) in [6.45, 7) is 10.8. The van der Waals surface area contributed by atoms with Gasteiger partial charge in [0.25, 0.3) is 5.91 Å². The van der Waals surface area contributed by atoms with Gasteiger partial charge in [-0.15, -0.1) is 0 Å². The fourth-order valence-electron chi connectivity index (χ4n) is 3.04. The van der Waals surface area contributed by atoms with Crippen LogP contribution in [0.15, 0.2) is 28.9 Å². The maximum atomic E-state index is 12.4. The molecule has 3 rings (SSSR count). The molecule has 25 heavy (non-hydrogen) atoms. The normalized spacial score (nSPS) is 14.7. The minimum Gasteiger partial charge on any atom is -0.459 e. The van der Waals surface area contributed by atoms with Gasteiger partial charge in [-0.1, -0.05) is 0 Å². The lowest BCUT2D eigenvalue weighted by Crippen LogP contribution is -2.49. The van der Waals surface area contributed by atoms with E-state index in [-0.39, 0.29) is 5.91 Å². The van der Waals surface area contributed by atoms with Crippen LogP contribution in [0.1, 0.15) is 30.1 Å². The highest BCUT2D eigenvalue weighted by Crippen LogP contribution is 2.19. The summed E-state index contributed by atoms with van der Waals surface area (Å²) in [6.07, 6.45) is 1.53. The molecule has 1 amide bonds. The predicted octanol–water partition coefficient (Wildman–Crippen LogP) is 2.19. The fraction of sp³-hybridized carbons (Fsp3) is 0.500. The van der Waals surface area contributed by atoms with E-state index < -0.39 is 0 Å². The maximum Gasteiger partial charge on any atom is 0.289 e. The smallest absolute Gasteiger partial charge is 0.289 e. The van der Waals surface area contributed by atoms with Crippen LogP contribution < -0.4 is 9.80 Å². The van der Waals surface area contributed by atoms with Crippen molar-refractivity contribution in [2.45, 2.75) is 20.8 Å². The van der Waals surface area contributed by atoms with Crippen LogP contribution in [0.2, 0.25) is 0 Å². The molecule has 0 radical (unpaired) electrons. The van der Waals surface area contributed by atoms with E-state index in [9.17, 15) is 4.79 Å². The van der Waals surface area contributed by atoms with Crippen molar-refractivity contribution in [1.82, 2.24) is 14.9 Å². The van der Waals surface area contributed by atoms with Crippen molar-refractivity contribution >= 4 is 17.7 Å². The van der Waals surface area contributed by atoms with Crippen LogP contribution >= 0.6 is 0 Å². The number of anilines is 2. The van der Waals surface area contributed by atoms with Crippen LogP contribution in [0.25, 0.3) is 0 Å². The third-order valence-corrected chi connectivity index (χ3v) is 4.50. The van der Waals surface area contributed by atoms with E-state index in [0.29, 0.717) is 18.8 Å². The Balaban J connectivity index is 1.69. The number of rotatable bonds is 5. The topological polar surface area (TPSA) is 65.7 Å². The lowest BCUT2D eigenvalue weighted by Gasteiger charge is -2.35.